The average molecular weight is 502 g/mol. The number of hydrogen-bond donors (Lipinski definition) is 4. The highest BCUT2D eigenvalue weighted by Gasteiger charge is 2.39. The van der Waals surface area contributed by atoms with E-state index in [0.717, 1.165) is 19.0 Å². The number of hydrogen-bond acceptors (Lipinski definition) is 7. The lowest BCUT2D eigenvalue weighted by atomic mass is 9.83. The number of nitrogens with two attached hydrogens (primary N) is 2. The van der Waals surface area contributed by atoms with E-state index in [-0.39, 0.29) is 28.7 Å². The van der Waals surface area contributed by atoms with Crippen molar-refractivity contribution < 1.29 is 18.0 Å². The molecule has 1 fully saturated rings. The van der Waals surface area contributed by atoms with Crippen molar-refractivity contribution in [2.45, 2.75) is 44.8 Å². The van der Waals surface area contributed by atoms with Crippen molar-refractivity contribution in [1.82, 2.24) is 14.8 Å². The van der Waals surface area contributed by atoms with Gasteiger partial charge in [-0.25, -0.2) is 4.98 Å². The summed E-state index contributed by atoms with van der Waals surface area (Å²) in [5, 5.41) is 17.0. The van der Waals surface area contributed by atoms with Crippen molar-refractivity contribution in [3.63, 3.8) is 0 Å². The third kappa shape index (κ3) is 4.43. The fraction of sp³-hybridized carbons (Fsp3) is 0.440. The van der Waals surface area contributed by atoms with E-state index in [1.807, 2.05) is 14.0 Å². The summed E-state index contributed by atoms with van der Waals surface area (Å²) in [6.45, 7) is 3.66. The van der Waals surface area contributed by atoms with Crippen LogP contribution in [0.5, 0.6) is 0 Å². The van der Waals surface area contributed by atoms with Crippen LogP contribution in [0.4, 0.5) is 18.9 Å². The number of piperazine rings is 1. The molecule has 1 aliphatic carbocycles. The van der Waals surface area contributed by atoms with Crippen LogP contribution in [0, 0.1) is 10.8 Å². The van der Waals surface area contributed by atoms with E-state index in [0.29, 0.717) is 54.5 Å². The lowest BCUT2D eigenvalue weighted by Gasteiger charge is -2.37. The monoisotopic (exact) mass is 501 g/mol. The predicted octanol–water partition coefficient (Wildman–Crippen LogP) is 3.11. The molecule has 0 unspecified atom stereocenters. The molecule has 192 valence electrons. The summed E-state index contributed by atoms with van der Waals surface area (Å²) in [5.41, 5.74) is 11.7. The molecule has 1 aliphatic heterocycles. The first kappa shape index (κ1) is 25.6. The number of halogens is 3. The van der Waals surface area contributed by atoms with Crippen molar-refractivity contribution in [1.29, 1.82) is 10.8 Å². The van der Waals surface area contributed by atoms with Gasteiger partial charge in [0.1, 0.15) is 11.4 Å². The molecule has 1 amide bonds. The molecule has 1 aromatic heterocycles. The fourth-order valence-corrected chi connectivity index (χ4v) is 5.06. The summed E-state index contributed by atoms with van der Waals surface area (Å²) >= 11 is 0. The minimum atomic E-state index is -4.89. The average Bonchev–Trinajstić information content (AvgIpc) is 2.84. The number of fused-ring (bicyclic) bond motifs is 3. The largest absolute Gasteiger partial charge is 0.433 e. The van der Waals surface area contributed by atoms with E-state index in [2.05, 4.69) is 9.88 Å². The van der Waals surface area contributed by atoms with Crippen molar-refractivity contribution in [3.05, 3.63) is 40.7 Å². The minimum absolute atomic E-state index is 0.0171. The van der Waals surface area contributed by atoms with E-state index in [4.69, 9.17) is 22.3 Å². The standard InChI is InChI=1S/C25H30F3N7O/c1-13-12-35(10-9-34(13)2)24(36)21(31)20-17(30)7-8-18-19(20)14-5-3-4-6-15(14)22(33-18)16(11-29)23(32)25(26,27)28/h7-8,11,13,31-32H,3-6,9-10,12,29-30H2,1-2H3/b16-11-,31-21?,32-23?/t13-/m0/s1. The zero-order valence-corrected chi connectivity index (χ0v) is 20.3. The molecule has 0 saturated carbocycles. The van der Waals surface area contributed by atoms with E-state index in [1.165, 1.54) is 6.07 Å². The number of nitrogens with zero attached hydrogens (tertiary/aromatic N) is 3. The van der Waals surface area contributed by atoms with Crippen LogP contribution < -0.4 is 11.5 Å². The van der Waals surface area contributed by atoms with E-state index in [9.17, 15) is 18.0 Å². The van der Waals surface area contributed by atoms with Gasteiger partial charge in [-0.1, -0.05) is 0 Å². The number of carbonyl (C=O) groups is 1. The van der Waals surface area contributed by atoms with Crippen LogP contribution in [0.1, 0.15) is 42.1 Å². The lowest BCUT2D eigenvalue weighted by Crippen LogP contribution is -2.53. The van der Waals surface area contributed by atoms with Crippen LogP contribution in [-0.2, 0) is 17.6 Å². The first-order valence-corrected chi connectivity index (χ1v) is 11.9. The number of aryl methyl sites for hydroxylation is 1. The number of likely N-dealkylation sites (N-methyl/N-ethyl adjacent to an activating group) is 1. The molecule has 2 aliphatic rings. The number of rotatable bonds is 4. The molecular formula is C25H30F3N7O. The second kappa shape index (κ2) is 9.53. The molecule has 2 heterocycles. The van der Waals surface area contributed by atoms with Gasteiger partial charge in [-0.2, -0.15) is 13.2 Å². The molecule has 2 aromatic rings. The SMILES string of the molecule is C[C@H]1CN(C(=O)C(=N)c2c(N)ccc3nc(/C(=C/N)C(=N)C(F)(F)F)c4c(c23)CCCC4)CCN1C. The third-order valence-corrected chi connectivity index (χ3v) is 7.19. The van der Waals surface area contributed by atoms with Crippen molar-refractivity contribution in [2.75, 3.05) is 32.4 Å². The van der Waals surface area contributed by atoms with Gasteiger partial charge in [0.25, 0.3) is 5.91 Å². The van der Waals surface area contributed by atoms with Crippen molar-refractivity contribution in [2.24, 2.45) is 5.73 Å². The second-order valence-corrected chi connectivity index (χ2v) is 9.46. The van der Waals surface area contributed by atoms with Gasteiger partial charge >= 0.3 is 6.18 Å². The van der Waals surface area contributed by atoms with Crippen LogP contribution in [0.2, 0.25) is 0 Å². The highest BCUT2D eigenvalue weighted by Crippen LogP contribution is 2.38. The Balaban J connectivity index is 1.88. The lowest BCUT2D eigenvalue weighted by molar-refractivity contribution is -0.126. The van der Waals surface area contributed by atoms with E-state index < -0.39 is 23.4 Å². The maximum atomic E-state index is 13.4. The van der Waals surface area contributed by atoms with Gasteiger partial charge in [-0.15, -0.1) is 0 Å². The van der Waals surface area contributed by atoms with E-state index in [1.54, 1.807) is 11.0 Å². The third-order valence-electron chi connectivity index (χ3n) is 7.19. The minimum Gasteiger partial charge on any atom is -0.404 e. The van der Waals surface area contributed by atoms with Gasteiger partial charge in [0, 0.05) is 54.1 Å². The van der Waals surface area contributed by atoms with Gasteiger partial charge in [-0.05, 0) is 62.9 Å². The molecule has 1 saturated heterocycles. The fourth-order valence-electron chi connectivity index (χ4n) is 5.06. The van der Waals surface area contributed by atoms with Crippen molar-refractivity contribution >= 4 is 39.5 Å². The van der Waals surface area contributed by atoms with Gasteiger partial charge in [0.15, 0.2) is 0 Å². The van der Waals surface area contributed by atoms with E-state index >= 15 is 0 Å². The summed E-state index contributed by atoms with van der Waals surface area (Å²) < 4.78 is 40.3. The molecule has 6 N–H and O–H groups in total. The number of pyridine rings is 1. The van der Waals surface area contributed by atoms with Crippen LogP contribution in [-0.4, -0.2) is 71.0 Å². The van der Waals surface area contributed by atoms with Crippen LogP contribution >= 0.6 is 0 Å². The number of benzene rings is 1. The number of aromatic nitrogens is 1. The molecule has 0 bridgehead atoms. The molecule has 8 nitrogen and oxygen atoms in total. The first-order chi connectivity index (χ1) is 17.0. The number of anilines is 1. The molecule has 11 heteroatoms. The Kier molecular flexibility index (Phi) is 6.78. The predicted molar refractivity (Wildman–Crippen MR) is 134 cm³/mol. The van der Waals surface area contributed by atoms with Gasteiger partial charge in [0.05, 0.1) is 11.2 Å². The Morgan fingerprint density at radius 3 is 2.44 bits per heavy atom. The number of nitrogen functional groups attached to an aromatic ring is 1. The maximum Gasteiger partial charge on any atom is 0.433 e. The number of carbonyl (C=O) groups excluding carboxylic acids is 1. The summed E-state index contributed by atoms with van der Waals surface area (Å²) in [6.07, 6.45) is -1.61. The maximum absolute atomic E-state index is 13.4. The Morgan fingerprint density at radius 1 is 1.17 bits per heavy atom. The second-order valence-electron chi connectivity index (χ2n) is 9.46. The molecule has 0 spiro atoms. The number of allylic oxidation sites excluding steroid dienone is 1. The summed E-state index contributed by atoms with van der Waals surface area (Å²) in [6, 6.07) is 3.23. The van der Waals surface area contributed by atoms with Gasteiger partial charge in [-0.3, -0.25) is 15.6 Å². The molecule has 36 heavy (non-hydrogen) atoms. The molecular weight excluding hydrogens is 471 g/mol. The molecule has 4 rings (SSSR count). The normalized spacial score (nSPS) is 19.3. The van der Waals surface area contributed by atoms with Crippen LogP contribution in [0.15, 0.2) is 18.3 Å². The highest BCUT2D eigenvalue weighted by molar-refractivity contribution is 6.47. The summed E-state index contributed by atoms with van der Waals surface area (Å²) in [5.74, 6) is -0.441. The number of alkyl halides is 3. The summed E-state index contributed by atoms with van der Waals surface area (Å²) in [4.78, 5) is 21.6. The van der Waals surface area contributed by atoms with Crippen LogP contribution in [0.3, 0.4) is 0 Å². The number of nitrogens with one attached hydrogen (secondary N) is 2. The quantitative estimate of drug-likeness (QED) is 0.377. The molecule has 0 radical (unpaired) electrons. The van der Waals surface area contributed by atoms with Crippen LogP contribution in [0.25, 0.3) is 16.5 Å². The zero-order chi connectivity index (χ0) is 26.4. The van der Waals surface area contributed by atoms with Crippen molar-refractivity contribution in [3.8, 4) is 0 Å². The Hall–Kier alpha value is -3.47. The topological polar surface area (TPSA) is 136 Å². The Bertz CT molecular complexity index is 1280. The molecule has 1 aromatic carbocycles. The molecule has 1 atom stereocenters. The summed E-state index contributed by atoms with van der Waals surface area (Å²) in [7, 11) is 1.98. The smallest absolute Gasteiger partial charge is 0.404 e. The zero-order valence-electron chi connectivity index (χ0n) is 20.3. The first-order valence-electron chi connectivity index (χ1n) is 11.9. The Labute approximate surface area is 207 Å². The van der Waals surface area contributed by atoms with Gasteiger partial charge in [0.2, 0.25) is 0 Å². The Morgan fingerprint density at radius 2 is 1.83 bits per heavy atom. The number of amides is 1. The highest BCUT2D eigenvalue weighted by atomic mass is 19.4. The van der Waals surface area contributed by atoms with Gasteiger partial charge < -0.3 is 21.3 Å².